The zero-order valence-corrected chi connectivity index (χ0v) is 16.7. The minimum absolute atomic E-state index is 0.0193. The Kier molecular flexibility index (Phi) is 5.68. The monoisotopic (exact) mass is 395 g/mol. The molecule has 1 aliphatic rings. The molecule has 0 saturated carbocycles. The van der Waals surface area contributed by atoms with Crippen molar-refractivity contribution in [2.45, 2.75) is 39.7 Å². The number of hydrogen-bond acceptors (Lipinski definition) is 4. The van der Waals surface area contributed by atoms with Crippen LogP contribution in [-0.4, -0.2) is 34.0 Å². The molecule has 3 rings (SSSR count). The number of fused-ring (bicyclic) bond motifs is 1. The lowest BCUT2D eigenvalue weighted by Crippen LogP contribution is -2.38. The maximum absolute atomic E-state index is 13.1. The first-order valence-corrected chi connectivity index (χ1v) is 9.57. The lowest BCUT2D eigenvalue weighted by atomic mass is 9.75. The average molecular weight is 395 g/mol. The van der Waals surface area contributed by atoms with Gasteiger partial charge in [0.15, 0.2) is 5.78 Å². The first kappa shape index (κ1) is 20.5. The van der Waals surface area contributed by atoms with E-state index in [0.29, 0.717) is 24.1 Å². The number of amides is 2. The zero-order valence-electron chi connectivity index (χ0n) is 16.7. The van der Waals surface area contributed by atoms with E-state index in [1.807, 2.05) is 44.2 Å². The number of nitrogens with one attached hydrogen (secondary N) is 1. The maximum atomic E-state index is 13.1. The number of hydrogen-bond donors (Lipinski definition) is 2. The number of ketones is 1. The molecular formula is C22H25N3O4. The second-order valence-corrected chi connectivity index (χ2v) is 8.27. The molecule has 0 spiro atoms. The fraction of sp³-hybridized carbons (Fsp3) is 0.364. The largest absolute Gasteiger partial charge is 0.370 e. The fourth-order valence-corrected chi connectivity index (χ4v) is 3.66. The third-order valence-electron chi connectivity index (χ3n) is 5.08. The summed E-state index contributed by atoms with van der Waals surface area (Å²) in [4.78, 5) is 53.7. The summed E-state index contributed by atoms with van der Waals surface area (Å²) >= 11 is 0. The number of rotatable bonds is 6. The van der Waals surface area contributed by atoms with Crippen LogP contribution >= 0.6 is 0 Å². The lowest BCUT2D eigenvalue weighted by molar-refractivity contribution is -0.118. The predicted octanol–water partition coefficient (Wildman–Crippen LogP) is 2.05. The summed E-state index contributed by atoms with van der Waals surface area (Å²) in [5.74, 6) is -1.15. The summed E-state index contributed by atoms with van der Waals surface area (Å²) in [5.41, 5.74) is 6.20. The summed E-state index contributed by atoms with van der Waals surface area (Å²) in [6.07, 6.45) is 0.900. The summed E-state index contributed by atoms with van der Waals surface area (Å²) in [7, 11) is 0. The summed E-state index contributed by atoms with van der Waals surface area (Å²) in [6, 6.07) is 10.7. The quantitative estimate of drug-likeness (QED) is 0.779. The molecule has 0 aliphatic heterocycles. The van der Waals surface area contributed by atoms with Gasteiger partial charge in [0.1, 0.15) is 5.56 Å². The van der Waals surface area contributed by atoms with Gasteiger partial charge in [0, 0.05) is 37.2 Å². The molecule has 1 heterocycles. The van der Waals surface area contributed by atoms with Gasteiger partial charge in [-0.3, -0.25) is 19.2 Å². The molecule has 0 atom stereocenters. The predicted molar refractivity (Wildman–Crippen MR) is 108 cm³/mol. The van der Waals surface area contributed by atoms with Crippen LogP contribution in [0.5, 0.6) is 0 Å². The number of benzene rings is 1. The molecule has 0 fully saturated rings. The molecule has 29 heavy (non-hydrogen) atoms. The van der Waals surface area contributed by atoms with E-state index in [4.69, 9.17) is 5.73 Å². The zero-order chi connectivity index (χ0) is 21.2. The Bertz CT molecular complexity index is 1010. The van der Waals surface area contributed by atoms with Crippen molar-refractivity contribution in [1.29, 1.82) is 0 Å². The van der Waals surface area contributed by atoms with Crippen molar-refractivity contribution < 1.29 is 14.4 Å². The molecule has 3 N–H and O–H groups in total. The van der Waals surface area contributed by atoms with Gasteiger partial charge in [0.05, 0.1) is 0 Å². The van der Waals surface area contributed by atoms with Gasteiger partial charge in [-0.25, -0.2) is 0 Å². The molecular weight excluding hydrogens is 370 g/mol. The summed E-state index contributed by atoms with van der Waals surface area (Å²) in [6.45, 7) is 4.25. The minimum atomic E-state index is -0.535. The van der Waals surface area contributed by atoms with Crippen LogP contribution in [0, 0.1) is 5.41 Å². The van der Waals surface area contributed by atoms with E-state index in [0.717, 1.165) is 5.56 Å². The lowest BCUT2D eigenvalue weighted by Gasteiger charge is -2.30. The highest BCUT2D eigenvalue weighted by molar-refractivity contribution is 6.02. The molecule has 1 aromatic heterocycles. The number of carbonyl (C=O) groups excluding carboxylic acids is 3. The number of H-pyrrole nitrogens is 1. The van der Waals surface area contributed by atoms with Crippen LogP contribution in [-0.2, 0) is 17.8 Å². The van der Waals surface area contributed by atoms with Crippen LogP contribution in [0.2, 0.25) is 0 Å². The normalized spacial score (nSPS) is 14.9. The van der Waals surface area contributed by atoms with Crippen molar-refractivity contribution in [2.24, 2.45) is 11.1 Å². The molecule has 0 bridgehead atoms. The van der Waals surface area contributed by atoms with E-state index in [2.05, 4.69) is 4.98 Å². The van der Waals surface area contributed by atoms with Crippen LogP contribution in [0.25, 0.3) is 0 Å². The molecule has 0 saturated heterocycles. The number of pyridine rings is 1. The van der Waals surface area contributed by atoms with E-state index in [1.165, 1.54) is 11.0 Å². The Labute approximate surface area is 168 Å². The molecule has 2 aromatic rings. The van der Waals surface area contributed by atoms with Gasteiger partial charge in [-0.1, -0.05) is 44.2 Å². The Morgan fingerprint density at radius 2 is 1.83 bits per heavy atom. The average Bonchev–Trinajstić information content (AvgIpc) is 2.64. The fourth-order valence-electron chi connectivity index (χ4n) is 3.66. The Morgan fingerprint density at radius 1 is 1.14 bits per heavy atom. The van der Waals surface area contributed by atoms with Gasteiger partial charge in [-0.05, 0) is 23.5 Å². The third kappa shape index (κ3) is 4.80. The first-order valence-electron chi connectivity index (χ1n) is 9.57. The second-order valence-electron chi connectivity index (χ2n) is 8.27. The topological polar surface area (TPSA) is 113 Å². The summed E-state index contributed by atoms with van der Waals surface area (Å²) in [5, 5.41) is 0. The second kappa shape index (κ2) is 8.03. The standard InChI is InChI=1S/C22H25N3O4/c1-22(2)11-17-15(18(26)12-22)10-16(20(28)24-17)21(29)25(9-8-19(23)27)13-14-6-4-3-5-7-14/h3-7,10H,8-9,11-13H2,1-2H3,(H2,23,27)(H,24,28). The number of Topliss-reactive ketones (excluding diaryl/α,β-unsaturated/α-hetero) is 1. The third-order valence-corrected chi connectivity index (χ3v) is 5.08. The molecule has 0 radical (unpaired) electrons. The van der Waals surface area contributed by atoms with Crippen molar-refractivity contribution >= 4 is 17.6 Å². The van der Waals surface area contributed by atoms with Crippen LogP contribution in [0.4, 0.5) is 0 Å². The number of carbonyl (C=O) groups is 3. The van der Waals surface area contributed by atoms with Gasteiger partial charge in [-0.15, -0.1) is 0 Å². The first-order chi connectivity index (χ1) is 13.7. The highest BCUT2D eigenvalue weighted by Gasteiger charge is 2.33. The van der Waals surface area contributed by atoms with Gasteiger partial charge in [0.2, 0.25) is 5.91 Å². The van der Waals surface area contributed by atoms with E-state index < -0.39 is 17.4 Å². The summed E-state index contributed by atoms with van der Waals surface area (Å²) < 4.78 is 0. The Balaban J connectivity index is 1.95. The van der Waals surface area contributed by atoms with Crippen molar-refractivity contribution in [3.05, 3.63) is 69.1 Å². The maximum Gasteiger partial charge on any atom is 0.261 e. The number of aromatic amines is 1. The van der Waals surface area contributed by atoms with E-state index in [1.54, 1.807) is 0 Å². The van der Waals surface area contributed by atoms with Gasteiger partial charge < -0.3 is 15.6 Å². The van der Waals surface area contributed by atoms with Crippen molar-refractivity contribution in [2.75, 3.05) is 6.54 Å². The van der Waals surface area contributed by atoms with E-state index in [9.17, 15) is 19.2 Å². The molecule has 7 heteroatoms. The highest BCUT2D eigenvalue weighted by Crippen LogP contribution is 2.33. The van der Waals surface area contributed by atoms with Gasteiger partial charge in [-0.2, -0.15) is 0 Å². The van der Waals surface area contributed by atoms with Gasteiger partial charge >= 0.3 is 0 Å². The number of aromatic nitrogens is 1. The molecule has 0 unspecified atom stereocenters. The van der Waals surface area contributed by atoms with Crippen molar-refractivity contribution in [3.63, 3.8) is 0 Å². The van der Waals surface area contributed by atoms with Crippen molar-refractivity contribution in [3.8, 4) is 0 Å². The smallest absolute Gasteiger partial charge is 0.261 e. The highest BCUT2D eigenvalue weighted by atomic mass is 16.2. The Hall–Kier alpha value is -3.22. The Morgan fingerprint density at radius 3 is 2.48 bits per heavy atom. The molecule has 1 aromatic carbocycles. The molecule has 152 valence electrons. The molecule has 7 nitrogen and oxygen atoms in total. The minimum Gasteiger partial charge on any atom is -0.370 e. The van der Waals surface area contributed by atoms with Crippen molar-refractivity contribution in [1.82, 2.24) is 9.88 Å². The number of primary amides is 1. The van der Waals surface area contributed by atoms with Crippen LogP contribution < -0.4 is 11.3 Å². The van der Waals surface area contributed by atoms with E-state index >= 15 is 0 Å². The molecule has 1 aliphatic carbocycles. The van der Waals surface area contributed by atoms with Crippen LogP contribution in [0.1, 0.15) is 58.7 Å². The van der Waals surface area contributed by atoms with Crippen LogP contribution in [0.3, 0.4) is 0 Å². The van der Waals surface area contributed by atoms with Crippen LogP contribution in [0.15, 0.2) is 41.2 Å². The molecule has 2 amide bonds. The van der Waals surface area contributed by atoms with E-state index in [-0.39, 0.29) is 36.3 Å². The number of nitrogens with zero attached hydrogens (tertiary/aromatic N) is 1. The number of nitrogens with two attached hydrogens (primary N) is 1. The van der Waals surface area contributed by atoms with Gasteiger partial charge in [0.25, 0.3) is 11.5 Å². The SMILES string of the molecule is CC1(C)CC(=O)c2cc(C(=O)N(CCC(N)=O)Cc3ccccc3)c(=O)[nH]c2C1.